The monoisotopic (exact) mass is 400 g/mol. The number of allylic oxidation sites excluding steroid dienone is 1. The highest BCUT2D eigenvalue weighted by Gasteiger charge is 2.52. The highest BCUT2D eigenvalue weighted by Crippen LogP contribution is 2.53. The summed E-state index contributed by atoms with van der Waals surface area (Å²) < 4.78 is 16.6. The summed E-state index contributed by atoms with van der Waals surface area (Å²) in [5.74, 6) is 2.26. The molecule has 0 radical (unpaired) electrons. The maximum absolute atomic E-state index is 12.7. The largest absolute Gasteiger partial charge is 0.493 e. The summed E-state index contributed by atoms with van der Waals surface area (Å²) in [5, 5.41) is 2.21. The molecule has 0 aromatic heterocycles. The number of nitrogens with two attached hydrogens (primary N) is 1. The highest BCUT2D eigenvalue weighted by atomic mass is 16.6. The van der Waals surface area contributed by atoms with E-state index in [0.717, 1.165) is 36.6 Å². The minimum absolute atomic E-state index is 0.0182. The van der Waals surface area contributed by atoms with Gasteiger partial charge in [-0.1, -0.05) is 31.9 Å². The number of methoxy groups -OCH3 is 2. The third-order valence-electron chi connectivity index (χ3n) is 7.33. The summed E-state index contributed by atoms with van der Waals surface area (Å²) in [6, 6.07) is 5.98. The molecule has 4 rings (SSSR count). The van der Waals surface area contributed by atoms with Gasteiger partial charge in [-0.2, -0.15) is 0 Å². The number of fused-ring (bicyclic) bond motifs is 2. The van der Waals surface area contributed by atoms with Gasteiger partial charge in [0.05, 0.1) is 20.8 Å². The molecule has 5 heteroatoms. The van der Waals surface area contributed by atoms with E-state index in [4.69, 9.17) is 14.2 Å². The second-order valence-corrected chi connectivity index (χ2v) is 9.26. The molecular weight excluding hydrogens is 366 g/mol. The smallest absolute Gasteiger partial charge is 0.315 e. The van der Waals surface area contributed by atoms with Gasteiger partial charge in [0.15, 0.2) is 11.5 Å². The third kappa shape index (κ3) is 3.77. The van der Waals surface area contributed by atoms with Gasteiger partial charge in [0.1, 0.15) is 18.6 Å². The lowest BCUT2D eigenvalue weighted by molar-refractivity contribution is -0.674. The van der Waals surface area contributed by atoms with Crippen molar-refractivity contribution < 1.29 is 24.3 Å². The van der Waals surface area contributed by atoms with Gasteiger partial charge >= 0.3 is 5.97 Å². The zero-order chi connectivity index (χ0) is 20.6. The van der Waals surface area contributed by atoms with Gasteiger partial charge < -0.3 is 19.5 Å². The first-order valence-corrected chi connectivity index (χ1v) is 10.9. The minimum atomic E-state index is -0.0497. The van der Waals surface area contributed by atoms with Gasteiger partial charge in [0, 0.05) is 11.5 Å². The Bertz CT molecular complexity index is 804. The molecule has 0 bridgehead atoms. The van der Waals surface area contributed by atoms with Crippen LogP contribution in [-0.4, -0.2) is 32.8 Å². The number of hydrogen-bond acceptors (Lipinski definition) is 4. The Labute approximate surface area is 173 Å². The Kier molecular flexibility index (Phi) is 5.60. The molecule has 1 aliphatic heterocycles. The molecular formula is C24H34NO4+. The fourth-order valence-electron chi connectivity index (χ4n) is 5.75. The van der Waals surface area contributed by atoms with Gasteiger partial charge in [-0.3, -0.25) is 4.79 Å². The second-order valence-electron chi connectivity index (χ2n) is 9.26. The number of benzene rings is 1. The van der Waals surface area contributed by atoms with Gasteiger partial charge in [-0.25, -0.2) is 0 Å². The van der Waals surface area contributed by atoms with Crippen molar-refractivity contribution in [2.24, 2.45) is 23.2 Å². The predicted molar refractivity (Wildman–Crippen MR) is 111 cm³/mol. The first-order chi connectivity index (χ1) is 13.9. The van der Waals surface area contributed by atoms with Crippen molar-refractivity contribution in [2.75, 3.05) is 20.8 Å². The topological polar surface area (TPSA) is 61.4 Å². The van der Waals surface area contributed by atoms with E-state index in [0.29, 0.717) is 5.92 Å². The number of carbonyl (C=O) groups excluding carboxylic acids is 1. The average molecular weight is 401 g/mol. The van der Waals surface area contributed by atoms with E-state index >= 15 is 0 Å². The normalized spacial score (nSPS) is 33.4. The maximum Gasteiger partial charge on any atom is 0.315 e. The van der Waals surface area contributed by atoms with Crippen molar-refractivity contribution in [2.45, 2.75) is 52.2 Å². The standard InChI is InChI=1S/C24H33NO4/c1-15-6-5-9-24(2)12-22-17(11-19(15)24)18(23(26)29-22)14-25-13-16-7-8-20(27-3)21(10-16)28-4/h7-8,10-11,15,17-18,22,25H,5-6,9,12-14H2,1-4H3/p+1/t15-,17+,18+,22+,24+/m0/s1. The molecule has 0 unspecified atom stereocenters. The van der Waals surface area contributed by atoms with Crippen LogP contribution in [0.4, 0.5) is 0 Å². The van der Waals surface area contributed by atoms with Crippen molar-refractivity contribution in [3.8, 4) is 11.5 Å². The van der Waals surface area contributed by atoms with Crippen LogP contribution in [0, 0.1) is 23.2 Å². The molecule has 2 fully saturated rings. The Morgan fingerprint density at radius 3 is 2.79 bits per heavy atom. The van der Waals surface area contributed by atoms with E-state index in [1.807, 2.05) is 18.2 Å². The molecule has 5 atom stereocenters. The lowest BCUT2D eigenvalue weighted by atomic mass is 9.59. The molecule has 0 amide bonds. The van der Waals surface area contributed by atoms with Gasteiger partial charge in [0.25, 0.3) is 0 Å². The Hall–Kier alpha value is -2.01. The molecule has 5 nitrogen and oxygen atoms in total. The molecule has 29 heavy (non-hydrogen) atoms. The van der Waals surface area contributed by atoms with Crippen LogP contribution in [-0.2, 0) is 16.1 Å². The van der Waals surface area contributed by atoms with E-state index in [1.54, 1.807) is 19.8 Å². The quantitative estimate of drug-likeness (QED) is 0.589. The van der Waals surface area contributed by atoms with Crippen LogP contribution >= 0.6 is 0 Å². The summed E-state index contributed by atoms with van der Waals surface area (Å²) in [4.78, 5) is 12.7. The molecule has 1 aromatic rings. The summed E-state index contributed by atoms with van der Waals surface area (Å²) in [5.41, 5.74) is 2.95. The number of ether oxygens (including phenoxy) is 3. The van der Waals surface area contributed by atoms with Crippen LogP contribution in [0.3, 0.4) is 0 Å². The summed E-state index contributed by atoms with van der Waals surface area (Å²) in [6.07, 6.45) is 7.25. The molecule has 158 valence electrons. The van der Waals surface area contributed by atoms with Gasteiger partial charge in [-0.05, 0) is 48.8 Å². The van der Waals surface area contributed by atoms with Crippen LogP contribution in [0.15, 0.2) is 29.8 Å². The molecule has 1 saturated carbocycles. The van der Waals surface area contributed by atoms with Crippen LogP contribution in [0.2, 0.25) is 0 Å². The lowest BCUT2D eigenvalue weighted by Gasteiger charge is -2.45. The predicted octanol–water partition coefficient (Wildman–Crippen LogP) is 3.08. The van der Waals surface area contributed by atoms with Crippen LogP contribution < -0.4 is 14.8 Å². The van der Waals surface area contributed by atoms with Crippen molar-refractivity contribution >= 4 is 5.97 Å². The zero-order valence-electron chi connectivity index (χ0n) is 18.1. The first kappa shape index (κ1) is 20.3. The Morgan fingerprint density at radius 2 is 2.03 bits per heavy atom. The van der Waals surface area contributed by atoms with E-state index in [-0.39, 0.29) is 29.3 Å². The van der Waals surface area contributed by atoms with Crippen LogP contribution in [0.25, 0.3) is 0 Å². The second kappa shape index (κ2) is 8.02. The first-order valence-electron chi connectivity index (χ1n) is 10.9. The summed E-state index contributed by atoms with van der Waals surface area (Å²) in [6.45, 7) is 6.27. The van der Waals surface area contributed by atoms with Crippen molar-refractivity contribution in [1.29, 1.82) is 0 Å². The van der Waals surface area contributed by atoms with Crippen LogP contribution in [0.5, 0.6) is 11.5 Å². The lowest BCUT2D eigenvalue weighted by Crippen LogP contribution is -2.84. The average Bonchev–Trinajstić information content (AvgIpc) is 3.00. The van der Waals surface area contributed by atoms with Crippen LogP contribution in [0.1, 0.15) is 45.1 Å². The van der Waals surface area contributed by atoms with E-state index in [2.05, 4.69) is 25.2 Å². The highest BCUT2D eigenvalue weighted by molar-refractivity contribution is 5.76. The maximum atomic E-state index is 12.7. The molecule has 2 aliphatic carbocycles. The zero-order valence-corrected chi connectivity index (χ0v) is 18.1. The molecule has 1 aromatic carbocycles. The Morgan fingerprint density at radius 1 is 1.24 bits per heavy atom. The molecule has 2 N–H and O–H groups in total. The molecule has 0 spiro atoms. The molecule has 1 saturated heterocycles. The number of carbonyl (C=O) groups is 1. The van der Waals surface area contributed by atoms with Gasteiger partial charge in [0.2, 0.25) is 0 Å². The van der Waals surface area contributed by atoms with E-state index in [1.165, 1.54) is 19.3 Å². The molecule has 3 aliphatic rings. The summed E-state index contributed by atoms with van der Waals surface area (Å²) >= 11 is 0. The summed E-state index contributed by atoms with van der Waals surface area (Å²) in [7, 11) is 3.29. The van der Waals surface area contributed by atoms with E-state index in [9.17, 15) is 4.79 Å². The SMILES string of the molecule is COc1ccc(C[NH2+]C[C@H]2C(=O)O[C@@H]3C[C@@]4(C)CCC[C@H](C)C4=C[C@@H]32)cc1OC. The molecule has 1 heterocycles. The number of hydrogen-bond donors (Lipinski definition) is 1. The fourth-order valence-corrected chi connectivity index (χ4v) is 5.75. The number of rotatable bonds is 6. The van der Waals surface area contributed by atoms with Gasteiger partial charge in [-0.15, -0.1) is 0 Å². The van der Waals surface area contributed by atoms with Crippen molar-refractivity contribution in [1.82, 2.24) is 0 Å². The number of quaternary nitrogens is 1. The van der Waals surface area contributed by atoms with Crippen molar-refractivity contribution in [3.05, 3.63) is 35.4 Å². The van der Waals surface area contributed by atoms with E-state index < -0.39 is 0 Å². The van der Waals surface area contributed by atoms with Crippen molar-refractivity contribution in [3.63, 3.8) is 0 Å². The minimum Gasteiger partial charge on any atom is -0.493 e. The fraction of sp³-hybridized carbons (Fsp3) is 0.625. The Balaban J connectivity index is 1.44. The third-order valence-corrected chi connectivity index (χ3v) is 7.33. The number of esters is 1.